The summed E-state index contributed by atoms with van der Waals surface area (Å²) in [6.45, 7) is 5.95. The molecule has 0 saturated heterocycles. The third kappa shape index (κ3) is 6.36. The van der Waals surface area contributed by atoms with Gasteiger partial charge in [0.2, 0.25) is 5.91 Å². The highest BCUT2D eigenvalue weighted by molar-refractivity contribution is 5.77. The minimum Gasteiger partial charge on any atom is -0.463 e. The highest BCUT2D eigenvalue weighted by Gasteiger charge is 2.11. The second-order valence-corrected chi connectivity index (χ2v) is 5.15. The topological polar surface area (TPSA) is 55.4 Å². The molecule has 0 radical (unpaired) electrons. The molecule has 1 rings (SSSR count). The molecule has 1 N–H and O–H groups in total. The number of benzene rings is 1. The van der Waals surface area contributed by atoms with E-state index in [4.69, 9.17) is 4.74 Å². The van der Waals surface area contributed by atoms with Gasteiger partial charge in [0.1, 0.15) is 0 Å². The zero-order valence-electron chi connectivity index (χ0n) is 12.4. The Labute approximate surface area is 120 Å². The monoisotopic (exact) mass is 277 g/mol. The molecule has 4 nitrogen and oxygen atoms in total. The Bertz CT molecular complexity index is 429. The van der Waals surface area contributed by atoms with Crippen LogP contribution in [0.3, 0.4) is 0 Å². The Morgan fingerprint density at radius 2 is 1.80 bits per heavy atom. The molecular formula is C16H23NO3. The lowest BCUT2D eigenvalue weighted by atomic mass is 9.98. The van der Waals surface area contributed by atoms with E-state index < -0.39 is 0 Å². The van der Waals surface area contributed by atoms with Crippen LogP contribution in [0.2, 0.25) is 0 Å². The number of hydrogen-bond acceptors (Lipinski definition) is 3. The van der Waals surface area contributed by atoms with Crippen molar-refractivity contribution in [3.8, 4) is 0 Å². The summed E-state index contributed by atoms with van der Waals surface area (Å²) < 4.78 is 4.99. The first-order chi connectivity index (χ1) is 9.49. The average molecular weight is 277 g/mol. The lowest BCUT2D eigenvalue weighted by Gasteiger charge is -2.12. The van der Waals surface area contributed by atoms with E-state index in [1.54, 1.807) is 13.8 Å². The highest BCUT2D eigenvalue weighted by atomic mass is 16.5. The molecule has 1 amide bonds. The van der Waals surface area contributed by atoms with Gasteiger partial charge in [-0.1, -0.05) is 37.3 Å². The second kappa shape index (κ2) is 8.35. The van der Waals surface area contributed by atoms with Gasteiger partial charge < -0.3 is 10.1 Å². The van der Waals surface area contributed by atoms with Crippen molar-refractivity contribution in [1.82, 2.24) is 5.32 Å². The average Bonchev–Trinajstić information content (AvgIpc) is 2.38. The van der Waals surface area contributed by atoms with Gasteiger partial charge in [-0.05, 0) is 25.3 Å². The number of carbonyl (C=O) groups is 2. The van der Waals surface area contributed by atoms with E-state index in [2.05, 4.69) is 5.32 Å². The molecule has 1 aromatic carbocycles. The molecule has 1 atom stereocenters. The number of carbonyl (C=O) groups excluding carboxylic acids is 2. The van der Waals surface area contributed by atoms with Crippen LogP contribution in [0.25, 0.3) is 0 Å². The molecule has 0 fully saturated rings. The van der Waals surface area contributed by atoms with Gasteiger partial charge in [0.05, 0.1) is 12.5 Å². The van der Waals surface area contributed by atoms with E-state index in [1.165, 1.54) is 0 Å². The molecule has 20 heavy (non-hydrogen) atoms. The quantitative estimate of drug-likeness (QED) is 0.779. The molecule has 0 heterocycles. The minimum absolute atomic E-state index is 0.0429. The van der Waals surface area contributed by atoms with Gasteiger partial charge in [-0.25, -0.2) is 0 Å². The second-order valence-electron chi connectivity index (χ2n) is 5.15. The van der Waals surface area contributed by atoms with Crippen molar-refractivity contribution in [3.05, 3.63) is 35.9 Å². The highest BCUT2D eigenvalue weighted by Crippen LogP contribution is 2.17. The number of ether oxygens (including phenoxy) is 1. The van der Waals surface area contributed by atoms with Gasteiger partial charge >= 0.3 is 5.97 Å². The fourth-order valence-electron chi connectivity index (χ4n) is 1.88. The molecule has 1 unspecified atom stereocenters. The first-order valence-corrected chi connectivity index (χ1v) is 7.00. The van der Waals surface area contributed by atoms with Crippen LogP contribution in [0.5, 0.6) is 0 Å². The van der Waals surface area contributed by atoms with Crippen molar-refractivity contribution in [1.29, 1.82) is 0 Å². The van der Waals surface area contributed by atoms with E-state index in [-0.39, 0.29) is 30.3 Å². The normalized spacial score (nSPS) is 12.0. The van der Waals surface area contributed by atoms with Crippen molar-refractivity contribution in [3.63, 3.8) is 0 Å². The molecule has 0 aliphatic rings. The smallest absolute Gasteiger partial charge is 0.307 e. The van der Waals surface area contributed by atoms with Gasteiger partial charge in [-0.3, -0.25) is 9.59 Å². The Balaban J connectivity index is 2.25. The number of hydrogen-bond donors (Lipinski definition) is 1. The maximum absolute atomic E-state index is 11.8. The van der Waals surface area contributed by atoms with Crippen LogP contribution < -0.4 is 5.32 Å². The van der Waals surface area contributed by atoms with Crippen molar-refractivity contribution in [2.24, 2.45) is 0 Å². The molecular weight excluding hydrogens is 254 g/mol. The summed E-state index contributed by atoms with van der Waals surface area (Å²) in [5.74, 6) is -0.158. The van der Waals surface area contributed by atoms with Crippen molar-refractivity contribution in [2.45, 2.75) is 45.6 Å². The molecule has 0 bridgehead atoms. The minimum atomic E-state index is -0.281. The largest absolute Gasteiger partial charge is 0.463 e. The maximum Gasteiger partial charge on any atom is 0.307 e. The summed E-state index contributed by atoms with van der Waals surface area (Å²) in [6, 6.07) is 9.91. The molecule has 110 valence electrons. The van der Waals surface area contributed by atoms with Crippen LogP contribution in [0.15, 0.2) is 30.3 Å². The molecule has 0 spiro atoms. The summed E-state index contributed by atoms with van der Waals surface area (Å²) in [5, 5.41) is 2.75. The SMILES string of the molecule is CC(C)OC(=O)CCNC(=O)CC(C)c1ccccc1. The molecule has 0 aliphatic carbocycles. The van der Waals surface area contributed by atoms with Crippen molar-refractivity contribution >= 4 is 11.9 Å². The summed E-state index contributed by atoms with van der Waals surface area (Å²) in [5.41, 5.74) is 1.14. The van der Waals surface area contributed by atoms with Crippen molar-refractivity contribution in [2.75, 3.05) is 6.54 Å². The van der Waals surface area contributed by atoms with Gasteiger partial charge in [0, 0.05) is 13.0 Å². The van der Waals surface area contributed by atoms with E-state index in [0.29, 0.717) is 13.0 Å². The maximum atomic E-state index is 11.8. The zero-order chi connectivity index (χ0) is 15.0. The summed E-state index contributed by atoms with van der Waals surface area (Å²) in [6.07, 6.45) is 0.517. The molecule has 0 aliphatic heterocycles. The number of amides is 1. The Kier molecular flexibility index (Phi) is 6.77. The van der Waals surface area contributed by atoms with Gasteiger partial charge in [0.25, 0.3) is 0 Å². The standard InChI is InChI=1S/C16H23NO3/c1-12(2)20-16(19)9-10-17-15(18)11-13(3)14-7-5-4-6-8-14/h4-8,12-13H,9-11H2,1-3H3,(H,17,18). The first-order valence-electron chi connectivity index (χ1n) is 7.00. The Hall–Kier alpha value is -1.84. The van der Waals surface area contributed by atoms with Gasteiger partial charge in [-0.15, -0.1) is 0 Å². The van der Waals surface area contributed by atoms with E-state index in [0.717, 1.165) is 5.56 Å². The summed E-state index contributed by atoms with van der Waals surface area (Å²) in [4.78, 5) is 23.1. The van der Waals surface area contributed by atoms with Gasteiger partial charge in [-0.2, -0.15) is 0 Å². The van der Waals surface area contributed by atoms with Crippen LogP contribution in [0.4, 0.5) is 0 Å². The Morgan fingerprint density at radius 1 is 1.15 bits per heavy atom. The van der Waals surface area contributed by atoms with E-state index >= 15 is 0 Å². The lowest BCUT2D eigenvalue weighted by molar-refractivity contribution is -0.147. The fraction of sp³-hybridized carbons (Fsp3) is 0.500. The van der Waals surface area contributed by atoms with Crippen LogP contribution in [-0.4, -0.2) is 24.5 Å². The van der Waals surface area contributed by atoms with Crippen LogP contribution in [-0.2, 0) is 14.3 Å². The number of esters is 1. The van der Waals surface area contributed by atoms with Gasteiger partial charge in [0.15, 0.2) is 0 Å². The molecule has 0 saturated carbocycles. The predicted octanol–water partition coefficient (Wildman–Crippen LogP) is 2.64. The summed E-state index contributed by atoms with van der Waals surface area (Å²) in [7, 11) is 0. The van der Waals surface area contributed by atoms with Crippen LogP contribution in [0, 0.1) is 0 Å². The number of rotatable bonds is 7. The number of nitrogens with one attached hydrogen (secondary N) is 1. The van der Waals surface area contributed by atoms with E-state index in [9.17, 15) is 9.59 Å². The summed E-state index contributed by atoms with van der Waals surface area (Å²) >= 11 is 0. The molecule has 0 aromatic heterocycles. The van der Waals surface area contributed by atoms with E-state index in [1.807, 2.05) is 37.3 Å². The Morgan fingerprint density at radius 3 is 2.40 bits per heavy atom. The molecule has 4 heteroatoms. The third-order valence-electron chi connectivity index (χ3n) is 2.88. The predicted molar refractivity (Wildman–Crippen MR) is 78.3 cm³/mol. The fourth-order valence-corrected chi connectivity index (χ4v) is 1.88. The van der Waals surface area contributed by atoms with Crippen molar-refractivity contribution < 1.29 is 14.3 Å². The third-order valence-corrected chi connectivity index (χ3v) is 2.88. The van der Waals surface area contributed by atoms with Crippen LogP contribution >= 0.6 is 0 Å². The lowest BCUT2D eigenvalue weighted by Crippen LogP contribution is -2.28. The van der Waals surface area contributed by atoms with Crippen LogP contribution in [0.1, 0.15) is 45.1 Å². The zero-order valence-corrected chi connectivity index (χ0v) is 12.4. The first kappa shape index (κ1) is 16.2. The molecule has 1 aromatic rings.